The molecule has 0 saturated heterocycles. The number of rotatable bonds is 5. The van der Waals surface area contributed by atoms with Crippen molar-refractivity contribution in [2.24, 2.45) is 0 Å². The van der Waals surface area contributed by atoms with Crippen molar-refractivity contribution in [2.75, 3.05) is 10.6 Å². The minimum absolute atomic E-state index is 0.0562. The Morgan fingerprint density at radius 2 is 1.32 bits per heavy atom. The maximum Gasteiger partial charge on any atom is 0.221 e. The topological polar surface area (TPSA) is 41.1 Å². The molecule has 2 rings (SSSR count). The first-order valence-corrected chi connectivity index (χ1v) is 7.69. The molecule has 0 spiro atoms. The molecule has 0 radical (unpaired) electrons. The summed E-state index contributed by atoms with van der Waals surface area (Å²) in [6, 6.07) is 16.7. The van der Waals surface area contributed by atoms with Crippen LogP contribution in [0.3, 0.4) is 0 Å². The Kier molecular flexibility index (Phi) is 5.21. The van der Waals surface area contributed by atoms with Gasteiger partial charge in [-0.25, -0.2) is 0 Å². The maximum atomic E-state index is 11.0. The summed E-state index contributed by atoms with van der Waals surface area (Å²) in [5.74, 6) is 0.498. The lowest BCUT2D eigenvalue weighted by Gasteiger charge is -2.17. The molecule has 1 atom stereocenters. The minimum Gasteiger partial charge on any atom is -0.379 e. The van der Waals surface area contributed by atoms with Gasteiger partial charge < -0.3 is 10.6 Å². The van der Waals surface area contributed by atoms with Gasteiger partial charge in [0.1, 0.15) is 0 Å². The fourth-order valence-electron chi connectivity index (χ4n) is 2.36. The van der Waals surface area contributed by atoms with E-state index in [9.17, 15) is 4.79 Å². The van der Waals surface area contributed by atoms with Crippen molar-refractivity contribution in [1.29, 1.82) is 0 Å². The van der Waals surface area contributed by atoms with Crippen molar-refractivity contribution in [2.45, 2.75) is 39.7 Å². The van der Waals surface area contributed by atoms with Gasteiger partial charge in [-0.15, -0.1) is 0 Å². The number of hydrogen-bond donors (Lipinski definition) is 2. The van der Waals surface area contributed by atoms with E-state index in [1.807, 2.05) is 24.3 Å². The van der Waals surface area contributed by atoms with Crippen molar-refractivity contribution >= 4 is 17.3 Å². The Morgan fingerprint density at radius 1 is 0.818 bits per heavy atom. The summed E-state index contributed by atoms with van der Waals surface area (Å²) in [5.41, 5.74) is 4.47. The zero-order valence-corrected chi connectivity index (χ0v) is 13.7. The minimum atomic E-state index is -0.0562. The van der Waals surface area contributed by atoms with Gasteiger partial charge in [0.15, 0.2) is 0 Å². The Labute approximate surface area is 132 Å². The second-order valence-electron chi connectivity index (χ2n) is 5.95. The number of benzene rings is 2. The molecule has 0 aliphatic carbocycles. The zero-order chi connectivity index (χ0) is 16.1. The maximum absolute atomic E-state index is 11.0. The van der Waals surface area contributed by atoms with Gasteiger partial charge in [0, 0.05) is 24.3 Å². The standard InChI is InChI=1S/C19H24N2O/c1-13(2)16-5-7-17(8-6-16)14(3)20-18-9-11-19(12-10-18)21-15(4)22/h5-14,20H,1-4H3,(H,21,22). The Bertz CT molecular complexity index is 615. The molecule has 0 bridgehead atoms. The fourth-order valence-corrected chi connectivity index (χ4v) is 2.36. The van der Waals surface area contributed by atoms with Crippen molar-refractivity contribution in [3.63, 3.8) is 0 Å². The molecule has 0 heterocycles. The first kappa shape index (κ1) is 16.1. The van der Waals surface area contributed by atoms with E-state index in [2.05, 4.69) is 55.7 Å². The Hall–Kier alpha value is -2.29. The van der Waals surface area contributed by atoms with E-state index in [1.54, 1.807) is 0 Å². The lowest BCUT2D eigenvalue weighted by Crippen LogP contribution is -2.08. The summed E-state index contributed by atoms with van der Waals surface area (Å²) in [6.45, 7) is 8.06. The van der Waals surface area contributed by atoms with Crippen LogP contribution in [0.15, 0.2) is 48.5 Å². The summed E-state index contributed by atoms with van der Waals surface area (Å²) in [6.07, 6.45) is 0. The van der Waals surface area contributed by atoms with E-state index in [4.69, 9.17) is 0 Å². The second-order valence-corrected chi connectivity index (χ2v) is 5.95. The molecule has 1 amide bonds. The van der Waals surface area contributed by atoms with Gasteiger partial charge in [0.05, 0.1) is 0 Å². The number of amides is 1. The predicted molar refractivity (Wildman–Crippen MR) is 93.3 cm³/mol. The molecule has 0 aliphatic rings. The van der Waals surface area contributed by atoms with E-state index in [1.165, 1.54) is 18.1 Å². The molecule has 3 nitrogen and oxygen atoms in total. The molecule has 0 saturated carbocycles. The van der Waals surface area contributed by atoms with E-state index >= 15 is 0 Å². The average molecular weight is 296 g/mol. The van der Waals surface area contributed by atoms with Crippen LogP contribution in [0.25, 0.3) is 0 Å². The highest BCUT2D eigenvalue weighted by atomic mass is 16.1. The van der Waals surface area contributed by atoms with Crippen LogP contribution in [0.2, 0.25) is 0 Å². The average Bonchev–Trinajstić information content (AvgIpc) is 2.49. The third-order valence-electron chi connectivity index (χ3n) is 3.69. The Morgan fingerprint density at radius 3 is 1.82 bits per heavy atom. The largest absolute Gasteiger partial charge is 0.379 e. The van der Waals surface area contributed by atoms with Crippen LogP contribution in [-0.4, -0.2) is 5.91 Å². The van der Waals surface area contributed by atoms with Crippen LogP contribution in [-0.2, 0) is 4.79 Å². The molecule has 3 heteroatoms. The monoisotopic (exact) mass is 296 g/mol. The van der Waals surface area contributed by atoms with E-state index in [-0.39, 0.29) is 11.9 Å². The summed E-state index contributed by atoms with van der Waals surface area (Å²) < 4.78 is 0. The first-order valence-electron chi connectivity index (χ1n) is 7.69. The van der Waals surface area contributed by atoms with Gasteiger partial charge in [-0.1, -0.05) is 38.1 Å². The number of carbonyl (C=O) groups excluding carboxylic acids is 1. The molecule has 2 aromatic rings. The summed E-state index contributed by atoms with van der Waals surface area (Å²) in [4.78, 5) is 11.0. The SMILES string of the molecule is CC(=O)Nc1ccc(NC(C)c2ccc(C(C)C)cc2)cc1. The molecule has 116 valence electrons. The van der Waals surface area contributed by atoms with Gasteiger partial charge in [-0.3, -0.25) is 4.79 Å². The highest BCUT2D eigenvalue weighted by Crippen LogP contribution is 2.23. The molecule has 2 aromatic carbocycles. The van der Waals surface area contributed by atoms with Crippen LogP contribution in [0.4, 0.5) is 11.4 Å². The summed E-state index contributed by atoms with van der Waals surface area (Å²) in [5, 5.41) is 6.24. The van der Waals surface area contributed by atoms with Crippen LogP contribution in [0.5, 0.6) is 0 Å². The molecule has 0 fully saturated rings. The fraction of sp³-hybridized carbons (Fsp3) is 0.316. The molecule has 0 aliphatic heterocycles. The predicted octanol–water partition coefficient (Wildman–Crippen LogP) is 4.94. The molecule has 22 heavy (non-hydrogen) atoms. The first-order chi connectivity index (χ1) is 10.5. The van der Waals surface area contributed by atoms with Crippen LogP contribution in [0, 0.1) is 0 Å². The van der Waals surface area contributed by atoms with Crippen LogP contribution in [0.1, 0.15) is 50.8 Å². The molecular weight excluding hydrogens is 272 g/mol. The molecule has 2 N–H and O–H groups in total. The third kappa shape index (κ3) is 4.35. The van der Waals surface area contributed by atoms with Gasteiger partial charge >= 0.3 is 0 Å². The van der Waals surface area contributed by atoms with Crippen molar-refractivity contribution in [3.8, 4) is 0 Å². The normalized spacial score (nSPS) is 12.0. The zero-order valence-electron chi connectivity index (χ0n) is 13.7. The van der Waals surface area contributed by atoms with Gasteiger partial charge in [0.25, 0.3) is 0 Å². The highest BCUT2D eigenvalue weighted by Gasteiger charge is 2.06. The highest BCUT2D eigenvalue weighted by molar-refractivity contribution is 5.88. The lowest BCUT2D eigenvalue weighted by atomic mass is 9.99. The molecule has 0 aromatic heterocycles. The molecule has 1 unspecified atom stereocenters. The van der Waals surface area contributed by atoms with E-state index < -0.39 is 0 Å². The van der Waals surface area contributed by atoms with Gasteiger partial charge in [-0.05, 0) is 48.2 Å². The third-order valence-corrected chi connectivity index (χ3v) is 3.69. The number of nitrogens with one attached hydrogen (secondary N) is 2. The number of anilines is 2. The summed E-state index contributed by atoms with van der Waals surface area (Å²) >= 11 is 0. The van der Waals surface area contributed by atoms with E-state index in [0.717, 1.165) is 11.4 Å². The van der Waals surface area contributed by atoms with Gasteiger partial charge in [0.2, 0.25) is 5.91 Å². The quantitative estimate of drug-likeness (QED) is 0.820. The van der Waals surface area contributed by atoms with Crippen molar-refractivity contribution in [3.05, 3.63) is 59.7 Å². The number of carbonyl (C=O) groups is 1. The molecular formula is C19H24N2O. The van der Waals surface area contributed by atoms with Crippen molar-refractivity contribution < 1.29 is 4.79 Å². The lowest BCUT2D eigenvalue weighted by molar-refractivity contribution is -0.114. The van der Waals surface area contributed by atoms with E-state index in [0.29, 0.717) is 5.92 Å². The Balaban J connectivity index is 2.01. The second kappa shape index (κ2) is 7.12. The van der Waals surface area contributed by atoms with Crippen LogP contribution >= 0.6 is 0 Å². The van der Waals surface area contributed by atoms with Crippen molar-refractivity contribution in [1.82, 2.24) is 0 Å². The van der Waals surface area contributed by atoms with Gasteiger partial charge in [-0.2, -0.15) is 0 Å². The van der Waals surface area contributed by atoms with Crippen LogP contribution < -0.4 is 10.6 Å². The summed E-state index contributed by atoms with van der Waals surface area (Å²) in [7, 11) is 0. The number of hydrogen-bond acceptors (Lipinski definition) is 2. The smallest absolute Gasteiger partial charge is 0.221 e.